The van der Waals surface area contributed by atoms with E-state index in [2.05, 4.69) is 5.32 Å². The monoisotopic (exact) mass is 296 g/mol. The molecule has 0 bridgehead atoms. The molecule has 1 heterocycles. The molecular formula is C15H21ClN2O2. The zero-order valence-electron chi connectivity index (χ0n) is 11.7. The number of phenolic OH excluding ortho intramolecular Hbond substituents is 1. The first-order valence-electron chi connectivity index (χ1n) is 7.04. The summed E-state index contributed by atoms with van der Waals surface area (Å²) < 4.78 is 0. The van der Waals surface area contributed by atoms with Gasteiger partial charge in [-0.25, -0.2) is 0 Å². The average molecular weight is 297 g/mol. The summed E-state index contributed by atoms with van der Waals surface area (Å²) in [6.07, 6.45) is 3.22. The predicted octanol–water partition coefficient (Wildman–Crippen LogP) is 2.51. The molecule has 5 heteroatoms. The maximum atomic E-state index is 12.4. The van der Waals surface area contributed by atoms with Crippen molar-refractivity contribution in [3.63, 3.8) is 0 Å². The molecule has 0 unspecified atom stereocenters. The summed E-state index contributed by atoms with van der Waals surface area (Å²) in [5.74, 6) is 0.538. The number of amides is 1. The first kappa shape index (κ1) is 15.1. The van der Waals surface area contributed by atoms with Crippen molar-refractivity contribution in [1.82, 2.24) is 10.2 Å². The van der Waals surface area contributed by atoms with Gasteiger partial charge in [0.05, 0.1) is 5.56 Å². The van der Waals surface area contributed by atoms with Gasteiger partial charge in [-0.05, 0) is 57.0 Å². The van der Waals surface area contributed by atoms with Crippen molar-refractivity contribution in [3.8, 4) is 5.75 Å². The Morgan fingerprint density at radius 3 is 2.75 bits per heavy atom. The van der Waals surface area contributed by atoms with E-state index >= 15 is 0 Å². The van der Waals surface area contributed by atoms with Gasteiger partial charge in [0.25, 0.3) is 5.91 Å². The zero-order valence-corrected chi connectivity index (χ0v) is 12.5. The molecule has 1 aromatic rings. The van der Waals surface area contributed by atoms with E-state index in [1.54, 1.807) is 12.1 Å². The van der Waals surface area contributed by atoms with Crippen molar-refractivity contribution < 1.29 is 9.90 Å². The summed E-state index contributed by atoms with van der Waals surface area (Å²) >= 11 is 5.78. The highest BCUT2D eigenvalue weighted by Gasteiger charge is 2.24. The molecular weight excluding hydrogens is 276 g/mol. The van der Waals surface area contributed by atoms with Gasteiger partial charge in [0.15, 0.2) is 0 Å². The Morgan fingerprint density at radius 1 is 1.45 bits per heavy atom. The number of nitrogens with zero attached hydrogens (tertiary/aromatic N) is 1. The molecule has 1 aromatic carbocycles. The maximum absolute atomic E-state index is 12.4. The highest BCUT2D eigenvalue weighted by Crippen LogP contribution is 2.26. The minimum Gasteiger partial charge on any atom is -0.507 e. The van der Waals surface area contributed by atoms with Gasteiger partial charge in [0.1, 0.15) is 5.75 Å². The normalized spacial score (nSPS) is 16.4. The van der Waals surface area contributed by atoms with Crippen molar-refractivity contribution in [2.75, 3.05) is 26.7 Å². The second-order valence-corrected chi connectivity index (χ2v) is 5.73. The fourth-order valence-electron chi connectivity index (χ4n) is 2.63. The Balaban J connectivity index is 1.94. The Hall–Kier alpha value is -1.26. The number of nitrogens with one attached hydrogen (secondary N) is 1. The van der Waals surface area contributed by atoms with Crippen LogP contribution in [0.5, 0.6) is 5.75 Å². The van der Waals surface area contributed by atoms with Crippen LogP contribution < -0.4 is 5.32 Å². The molecule has 0 saturated carbocycles. The van der Waals surface area contributed by atoms with Gasteiger partial charge in [0.2, 0.25) is 0 Å². The molecule has 0 radical (unpaired) electrons. The van der Waals surface area contributed by atoms with E-state index in [4.69, 9.17) is 11.6 Å². The third kappa shape index (κ3) is 3.64. The number of hydrogen-bond donors (Lipinski definition) is 2. The fraction of sp³-hybridized carbons (Fsp3) is 0.533. The summed E-state index contributed by atoms with van der Waals surface area (Å²) in [7, 11) is 1.96. The third-order valence-corrected chi connectivity index (χ3v) is 4.13. The van der Waals surface area contributed by atoms with Crippen LogP contribution in [-0.4, -0.2) is 42.6 Å². The van der Waals surface area contributed by atoms with Crippen molar-refractivity contribution in [2.45, 2.75) is 19.3 Å². The molecule has 4 nitrogen and oxygen atoms in total. The van der Waals surface area contributed by atoms with E-state index in [-0.39, 0.29) is 11.7 Å². The number of phenols is 1. The van der Waals surface area contributed by atoms with Gasteiger partial charge in [-0.1, -0.05) is 11.6 Å². The van der Waals surface area contributed by atoms with Crippen LogP contribution in [0.25, 0.3) is 0 Å². The van der Waals surface area contributed by atoms with Crippen LogP contribution in [-0.2, 0) is 0 Å². The number of rotatable bonds is 4. The SMILES string of the molecule is CNCCC1CCN(C(=O)c2ccc(Cl)cc2O)CC1. The lowest BCUT2D eigenvalue weighted by Gasteiger charge is -2.32. The number of halogens is 1. The molecule has 1 aliphatic rings. The van der Waals surface area contributed by atoms with Gasteiger partial charge in [-0.15, -0.1) is 0 Å². The molecule has 1 amide bonds. The van der Waals surface area contributed by atoms with Gasteiger partial charge >= 0.3 is 0 Å². The number of benzene rings is 1. The van der Waals surface area contributed by atoms with Gasteiger partial charge in [0, 0.05) is 18.1 Å². The van der Waals surface area contributed by atoms with Crippen LogP contribution in [0.4, 0.5) is 0 Å². The van der Waals surface area contributed by atoms with Crippen LogP contribution in [0.3, 0.4) is 0 Å². The molecule has 2 rings (SSSR count). The lowest BCUT2D eigenvalue weighted by Crippen LogP contribution is -2.39. The largest absolute Gasteiger partial charge is 0.507 e. The van der Waals surface area contributed by atoms with E-state index in [0.717, 1.165) is 38.9 Å². The average Bonchev–Trinajstić information content (AvgIpc) is 2.45. The maximum Gasteiger partial charge on any atom is 0.257 e. The van der Waals surface area contributed by atoms with Crippen molar-refractivity contribution in [1.29, 1.82) is 0 Å². The third-order valence-electron chi connectivity index (χ3n) is 3.89. The minimum absolute atomic E-state index is 0.0418. The Bertz CT molecular complexity index is 471. The molecule has 110 valence electrons. The van der Waals surface area contributed by atoms with Crippen LogP contribution >= 0.6 is 11.6 Å². The molecule has 1 aliphatic heterocycles. The molecule has 20 heavy (non-hydrogen) atoms. The van der Waals surface area contributed by atoms with Crippen LogP contribution in [0.15, 0.2) is 18.2 Å². The number of carbonyl (C=O) groups excluding carboxylic acids is 1. The Labute approximate surface area is 124 Å². The minimum atomic E-state index is -0.105. The van der Waals surface area contributed by atoms with Crippen LogP contribution in [0.1, 0.15) is 29.6 Å². The van der Waals surface area contributed by atoms with Gasteiger partial charge in [-0.3, -0.25) is 4.79 Å². The number of hydrogen-bond acceptors (Lipinski definition) is 3. The quantitative estimate of drug-likeness (QED) is 0.897. The van der Waals surface area contributed by atoms with E-state index < -0.39 is 0 Å². The van der Waals surface area contributed by atoms with Crippen LogP contribution in [0, 0.1) is 5.92 Å². The van der Waals surface area contributed by atoms with E-state index in [0.29, 0.717) is 16.5 Å². The lowest BCUT2D eigenvalue weighted by molar-refractivity contribution is 0.0684. The summed E-state index contributed by atoms with van der Waals surface area (Å²) in [4.78, 5) is 14.2. The second kappa shape index (κ2) is 6.95. The second-order valence-electron chi connectivity index (χ2n) is 5.29. The summed E-state index contributed by atoms with van der Waals surface area (Å²) in [5.41, 5.74) is 0.336. The Kier molecular flexibility index (Phi) is 5.26. The molecule has 0 aliphatic carbocycles. The molecule has 0 aromatic heterocycles. The molecule has 1 saturated heterocycles. The van der Waals surface area contributed by atoms with Crippen molar-refractivity contribution >= 4 is 17.5 Å². The topological polar surface area (TPSA) is 52.6 Å². The van der Waals surface area contributed by atoms with E-state index in [9.17, 15) is 9.90 Å². The molecule has 2 N–H and O–H groups in total. The Morgan fingerprint density at radius 2 is 2.15 bits per heavy atom. The number of likely N-dealkylation sites (tertiary alicyclic amines) is 1. The summed E-state index contributed by atoms with van der Waals surface area (Å²) in [6, 6.07) is 4.63. The zero-order chi connectivity index (χ0) is 14.5. The number of piperidine rings is 1. The lowest BCUT2D eigenvalue weighted by atomic mass is 9.93. The van der Waals surface area contributed by atoms with Gasteiger partial charge in [-0.2, -0.15) is 0 Å². The smallest absolute Gasteiger partial charge is 0.257 e. The highest BCUT2D eigenvalue weighted by molar-refractivity contribution is 6.30. The molecule has 0 spiro atoms. The standard InChI is InChI=1S/C15H21ClN2O2/c1-17-7-4-11-5-8-18(9-6-11)15(20)13-3-2-12(16)10-14(13)19/h2-3,10-11,17,19H,4-9H2,1H3. The number of aromatic hydroxyl groups is 1. The fourth-order valence-corrected chi connectivity index (χ4v) is 2.80. The van der Waals surface area contributed by atoms with E-state index in [1.165, 1.54) is 6.07 Å². The number of carbonyl (C=O) groups is 1. The predicted molar refractivity (Wildman–Crippen MR) is 80.3 cm³/mol. The molecule has 1 fully saturated rings. The van der Waals surface area contributed by atoms with Crippen LogP contribution in [0.2, 0.25) is 5.02 Å². The summed E-state index contributed by atoms with van der Waals surface area (Å²) in [5, 5.41) is 13.4. The van der Waals surface area contributed by atoms with Gasteiger partial charge < -0.3 is 15.3 Å². The van der Waals surface area contributed by atoms with Crippen molar-refractivity contribution in [3.05, 3.63) is 28.8 Å². The highest BCUT2D eigenvalue weighted by atomic mass is 35.5. The van der Waals surface area contributed by atoms with Crippen molar-refractivity contribution in [2.24, 2.45) is 5.92 Å². The first-order chi connectivity index (χ1) is 9.61. The summed E-state index contributed by atoms with van der Waals surface area (Å²) in [6.45, 7) is 2.54. The molecule has 0 atom stereocenters. The first-order valence-corrected chi connectivity index (χ1v) is 7.42. The van der Waals surface area contributed by atoms with E-state index in [1.807, 2.05) is 11.9 Å².